The monoisotopic (exact) mass is 289 g/mol. The molecule has 0 fully saturated rings. The van der Waals surface area contributed by atoms with Crippen LogP contribution < -0.4 is 10.1 Å². The van der Waals surface area contributed by atoms with Crippen LogP contribution in [0.4, 0.5) is 0 Å². The largest absolute Gasteiger partial charge is 0.490 e. The maximum Gasteiger partial charge on any atom is 0.124 e. The summed E-state index contributed by atoms with van der Waals surface area (Å²) in [5.74, 6) is 0.789. The molecule has 0 saturated carbocycles. The second kappa shape index (κ2) is 7.81. The van der Waals surface area contributed by atoms with Crippen LogP contribution in [0, 0.1) is 0 Å². The van der Waals surface area contributed by atoms with Crippen molar-refractivity contribution in [2.24, 2.45) is 0 Å². The van der Waals surface area contributed by atoms with Crippen LogP contribution in [0.3, 0.4) is 0 Å². The minimum Gasteiger partial charge on any atom is -0.490 e. The number of ether oxygens (including phenoxy) is 1. The normalized spacial score (nSPS) is 12.6. The molecule has 0 saturated heterocycles. The molecule has 2 rings (SSSR count). The van der Waals surface area contributed by atoms with E-state index in [4.69, 9.17) is 4.74 Å². The lowest BCUT2D eigenvalue weighted by Crippen LogP contribution is -2.35. The first-order valence-electron chi connectivity index (χ1n) is 7.24. The van der Waals surface area contributed by atoms with Crippen LogP contribution in [0.5, 0.6) is 5.75 Å². The van der Waals surface area contributed by atoms with Gasteiger partial charge in [0, 0.05) is 30.5 Å². The van der Waals surface area contributed by atoms with Gasteiger partial charge in [-0.2, -0.15) is 5.10 Å². The van der Waals surface area contributed by atoms with Crippen LogP contribution in [0.15, 0.2) is 42.7 Å². The maximum absolute atomic E-state index is 9.90. The first kappa shape index (κ1) is 15.5. The summed E-state index contributed by atoms with van der Waals surface area (Å²) >= 11 is 0. The zero-order chi connectivity index (χ0) is 15.1. The van der Waals surface area contributed by atoms with Crippen molar-refractivity contribution in [1.82, 2.24) is 15.1 Å². The van der Waals surface area contributed by atoms with Gasteiger partial charge in [-0.25, -0.2) is 0 Å². The molecule has 2 N–H and O–H groups in total. The number of nitrogens with zero attached hydrogens (tertiary/aromatic N) is 2. The summed E-state index contributed by atoms with van der Waals surface area (Å²) in [5, 5.41) is 17.3. The molecule has 1 heterocycles. The van der Waals surface area contributed by atoms with Crippen molar-refractivity contribution in [3.05, 3.63) is 48.3 Å². The van der Waals surface area contributed by atoms with Crippen molar-refractivity contribution in [2.75, 3.05) is 13.2 Å². The van der Waals surface area contributed by atoms with E-state index >= 15 is 0 Å². The van der Waals surface area contributed by atoms with E-state index in [9.17, 15) is 5.11 Å². The molecule has 114 valence electrons. The predicted octanol–water partition coefficient (Wildman–Crippen LogP) is 1.67. The number of hydrogen-bond acceptors (Lipinski definition) is 4. The lowest BCUT2D eigenvalue weighted by Gasteiger charge is -2.16. The fraction of sp³-hybridized carbons (Fsp3) is 0.438. The van der Waals surface area contributed by atoms with E-state index < -0.39 is 6.10 Å². The second-order valence-electron chi connectivity index (χ2n) is 5.34. The molecule has 1 atom stereocenters. The van der Waals surface area contributed by atoms with Crippen molar-refractivity contribution in [2.45, 2.75) is 32.5 Å². The van der Waals surface area contributed by atoms with Crippen LogP contribution in [0.1, 0.15) is 19.4 Å². The van der Waals surface area contributed by atoms with Gasteiger partial charge in [-0.3, -0.25) is 4.68 Å². The van der Waals surface area contributed by atoms with E-state index in [2.05, 4.69) is 10.4 Å². The van der Waals surface area contributed by atoms with Crippen LogP contribution in [0.25, 0.3) is 0 Å². The molecule has 0 spiro atoms. The van der Waals surface area contributed by atoms with Gasteiger partial charge in [0.25, 0.3) is 0 Å². The molecule has 1 aromatic heterocycles. The minimum atomic E-state index is -0.523. The summed E-state index contributed by atoms with van der Waals surface area (Å²) in [4.78, 5) is 0. The van der Waals surface area contributed by atoms with Crippen LogP contribution in [-0.4, -0.2) is 40.2 Å². The molecule has 0 aliphatic carbocycles. The second-order valence-corrected chi connectivity index (χ2v) is 5.34. The molecule has 21 heavy (non-hydrogen) atoms. The number of para-hydroxylation sites is 1. The maximum atomic E-state index is 9.90. The molecular formula is C16H23N3O2. The summed E-state index contributed by atoms with van der Waals surface area (Å²) in [7, 11) is 0. The summed E-state index contributed by atoms with van der Waals surface area (Å²) in [6.07, 6.45) is 3.15. The Hall–Kier alpha value is -1.85. The van der Waals surface area contributed by atoms with Gasteiger partial charge in [0.2, 0.25) is 0 Å². The number of aliphatic hydroxyl groups is 1. The molecule has 0 bridgehead atoms. The highest BCUT2D eigenvalue weighted by molar-refractivity contribution is 5.33. The van der Waals surface area contributed by atoms with E-state index in [0.717, 1.165) is 11.3 Å². The number of aromatic nitrogens is 2. The average Bonchev–Trinajstić information content (AvgIpc) is 2.97. The molecule has 5 heteroatoms. The van der Waals surface area contributed by atoms with Gasteiger partial charge in [-0.1, -0.05) is 32.0 Å². The van der Waals surface area contributed by atoms with Gasteiger partial charge in [0.15, 0.2) is 0 Å². The molecule has 0 aliphatic heterocycles. The number of nitrogens with one attached hydrogen (secondary N) is 1. The van der Waals surface area contributed by atoms with Crippen molar-refractivity contribution >= 4 is 0 Å². The van der Waals surface area contributed by atoms with E-state index in [0.29, 0.717) is 19.1 Å². The highest BCUT2D eigenvalue weighted by Crippen LogP contribution is 2.19. The van der Waals surface area contributed by atoms with Crippen molar-refractivity contribution in [3.8, 4) is 5.75 Å². The fourth-order valence-electron chi connectivity index (χ4n) is 1.96. The third-order valence-electron chi connectivity index (χ3n) is 3.06. The Labute approximate surface area is 125 Å². The van der Waals surface area contributed by atoms with Gasteiger partial charge >= 0.3 is 0 Å². The van der Waals surface area contributed by atoms with Gasteiger partial charge in [-0.15, -0.1) is 0 Å². The zero-order valence-corrected chi connectivity index (χ0v) is 12.6. The van der Waals surface area contributed by atoms with Gasteiger partial charge < -0.3 is 15.2 Å². The fourth-order valence-corrected chi connectivity index (χ4v) is 1.96. The van der Waals surface area contributed by atoms with Gasteiger partial charge in [-0.05, 0) is 12.1 Å². The summed E-state index contributed by atoms with van der Waals surface area (Å²) in [5.41, 5.74) is 1.05. The Morgan fingerprint density at radius 3 is 2.81 bits per heavy atom. The summed E-state index contributed by atoms with van der Waals surface area (Å²) < 4.78 is 7.60. The van der Waals surface area contributed by atoms with E-state index in [1.54, 1.807) is 6.20 Å². The first-order chi connectivity index (χ1) is 10.1. The average molecular weight is 289 g/mol. The van der Waals surface area contributed by atoms with Crippen molar-refractivity contribution in [3.63, 3.8) is 0 Å². The SMILES string of the molecule is CC(C)NC[C@H](O)COc1ccccc1Cn1cccn1. The molecule has 0 aliphatic rings. The molecule has 0 unspecified atom stereocenters. The summed E-state index contributed by atoms with van der Waals surface area (Å²) in [6, 6.07) is 10.1. The molecule has 2 aromatic rings. The van der Waals surface area contributed by atoms with E-state index in [1.165, 1.54) is 0 Å². The van der Waals surface area contributed by atoms with E-state index in [1.807, 2.05) is 55.1 Å². The Bertz CT molecular complexity index is 526. The number of benzene rings is 1. The van der Waals surface area contributed by atoms with Gasteiger partial charge in [0.05, 0.1) is 6.54 Å². The zero-order valence-electron chi connectivity index (χ0n) is 12.6. The van der Waals surface area contributed by atoms with Crippen LogP contribution in [0.2, 0.25) is 0 Å². The van der Waals surface area contributed by atoms with Crippen LogP contribution in [-0.2, 0) is 6.54 Å². The Balaban J connectivity index is 1.90. The Morgan fingerprint density at radius 2 is 2.10 bits per heavy atom. The smallest absolute Gasteiger partial charge is 0.124 e. The topological polar surface area (TPSA) is 59.3 Å². The Morgan fingerprint density at radius 1 is 1.29 bits per heavy atom. The first-order valence-corrected chi connectivity index (χ1v) is 7.24. The standard InChI is InChI=1S/C16H23N3O2/c1-13(2)17-10-15(20)12-21-16-7-4-3-6-14(16)11-19-9-5-8-18-19/h3-9,13,15,17,20H,10-12H2,1-2H3/t15-/m0/s1. The van der Waals surface area contributed by atoms with Gasteiger partial charge in [0.1, 0.15) is 18.5 Å². The molecule has 0 amide bonds. The molecule has 1 aromatic carbocycles. The number of hydrogen-bond donors (Lipinski definition) is 2. The predicted molar refractivity (Wildman–Crippen MR) is 82.4 cm³/mol. The third kappa shape index (κ3) is 5.21. The van der Waals surface area contributed by atoms with E-state index in [-0.39, 0.29) is 6.61 Å². The van der Waals surface area contributed by atoms with Crippen molar-refractivity contribution < 1.29 is 9.84 Å². The van der Waals surface area contributed by atoms with Crippen LogP contribution >= 0.6 is 0 Å². The highest BCUT2D eigenvalue weighted by Gasteiger charge is 2.09. The van der Waals surface area contributed by atoms with Crippen molar-refractivity contribution in [1.29, 1.82) is 0 Å². The highest BCUT2D eigenvalue weighted by atomic mass is 16.5. The molecular weight excluding hydrogens is 266 g/mol. The lowest BCUT2D eigenvalue weighted by atomic mass is 10.2. The lowest BCUT2D eigenvalue weighted by molar-refractivity contribution is 0.104. The molecule has 0 radical (unpaired) electrons. The third-order valence-corrected chi connectivity index (χ3v) is 3.06. The minimum absolute atomic E-state index is 0.274. The molecule has 5 nitrogen and oxygen atoms in total. The Kier molecular flexibility index (Phi) is 5.78. The number of rotatable bonds is 8. The number of aliphatic hydroxyl groups excluding tert-OH is 1. The summed E-state index contributed by atoms with van der Waals surface area (Å²) in [6.45, 7) is 5.55. The quantitative estimate of drug-likeness (QED) is 0.776.